The molecule has 0 heterocycles. The van der Waals surface area contributed by atoms with Gasteiger partial charge in [0.15, 0.2) is 0 Å². The van der Waals surface area contributed by atoms with Gasteiger partial charge in [0.25, 0.3) is 0 Å². The maximum Gasteiger partial charge on any atom is 0.322 e. The van der Waals surface area contributed by atoms with Gasteiger partial charge >= 0.3 is 11.9 Å². The molecular weight excluding hydrogens is 348 g/mol. The van der Waals surface area contributed by atoms with E-state index in [0.717, 1.165) is 0 Å². The zero-order chi connectivity index (χ0) is 20.3. The lowest BCUT2D eigenvalue weighted by Gasteiger charge is -2.23. The predicted octanol–water partition coefficient (Wildman–Crippen LogP) is -1.97. The number of hydrogen-bond acceptors (Lipinski definition) is 6. The topological polar surface area (TPSA) is 188 Å². The Morgan fingerprint density at radius 2 is 1.54 bits per heavy atom. The Kier molecular flexibility index (Phi) is 10.6. The summed E-state index contributed by atoms with van der Waals surface area (Å²) in [5.41, 5.74) is 5.18. The Labute approximate surface area is 150 Å². The average Bonchev–Trinajstić information content (AvgIpc) is 2.54. The molecule has 0 spiro atoms. The second-order valence-corrected chi connectivity index (χ2v) is 6.06. The molecule has 11 heteroatoms. The number of carbonyl (C=O) groups is 5. The van der Waals surface area contributed by atoms with Crippen molar-refractivity contribution in [1.29, 1.82) is 0 Å². The van der Waals surface area contributed by atoms with Crippen LogP contribution in [0.5, 0.6) is 0 Å². The van der Waals surface area contributed by atoms with E-state index < -0.39 is 48.3 Å². The minimum absolute atomic E-state index is 0.00646. The minimum atomic E-state index is -1.23. The van der Waals surface area contributed by atoms with Crippen molar-refractivity contribution >= 4 is 29.7 Å². The first-order valence-electron chi connectivity index (χ1n) is 8.07. The van der Waals surface area contributed by atoms with E-state index in [-0.39, 0.29) is 31.7 Å². The van der Waals surface area contributed by atoms with E-state index in [1.807, 2.05) is 13.8 Å². The van der Waals surface area contributed by atoms with Crippen molar-refractivity contribution in [2.24, 2.45) is 11.7 Å². The average molecular weight is 374 g/mol. The number of rotatable bonds is 12. The molecule has 0 aliphatic carbocycles. The van der Waals surface area contributed by atoms with Gasteiger partial charge in [0.2, 0.25) is 17.7 Å². The summed E-state index contributed by atoms with van der Waals surface area (Å²) in [7, 11) is 0. The highest BCUT2D eigenvalue weighted by molar-refractivity contribution is 5.93. The fourth-order valence-corrected chi connectivity index (χ4v) is 2.05. The fraction of sp³-hybridized carbons (Fsp3) is 0.667. The van der Waals surface area contributed by atoms with Crippen molar-refractivity contribution in [1.82, 2.24) is 16.0 Å². The molecule has 7 N–H and O–H groups in total. The summed E-state index contributed by atoms with van der Waals surface area (Å²) in [6, 6.07) is -2.20. The van der Waals surface area contributed by atoms with Gasteiger partial charge in [-0.2, -0.15) is 0 Å². The Morgan fingerprint density at radius 1 is 0.923 bits per heavy atom. The van der Waals surface area contributed by atoms with E-state index in [4.69, 9.17) is 15.9 Å². The molecule has 0 fully saturated rings. The molecule has 11 nitrogen and oxygen atoms in total. The molecule has 0 aromatic rings. The molecule has 0 aromatic carbocycles. The Balaban J connectivity index is 5.09. The highest BCUT2D eigenvalue weighted by atomic mass is 16.4. The normalized spacial score (nSPS) is 12.8. The monoisotopic (exact) mass is 374 g/mol. The molecule has 0 bridgehead atoms. The van der Waals surface area contributed by atoms with Gasteiger partial charge in [-0.15, -0.1) is 0 Å². The maximum atomic E-state index is 12.4. The van der Waals surface area contributed by atoms with Gasteiger partial charge in [-0.05, 0) is 18.8 Å². The molecule has 0 rings (SSSR count). The van der Waals surface area contributed by atoms with Gasteiger partial charge in [-0.1, -0.05) is 13.8 Å². The Morgan fingerprint density at radius 3 is 2.00 bits per heavy atom. The standard InChI is InChI=1S/C15H26N4O7/c1-8(2)5-10(14(25)17-7-13(23)24)19-15(26)9(3-4-12(21)22)18-11(20)6-16/h8-10H,3-7,16H2,1-2H3,(H,17,25)(H,18,20)(H,19,26)(H,21,22)(H,23,24). The number of carbonyl (C=O) groups excluding carboxylic acids is 3. The molecule has 0 aromatic heterocycles. The van der Waals surface area contributed by atoms with Crippen LogP contribution < -0.4 is 21.7 Å². The molecule has 3 amide bonds. The number of amides is 3. The molecule has 0 radical (unpaired) electrons. The SMILES string of the molecule is CC(C)CC(NC(=O)C(CCC(=O)O)NC(=O)CN)C(=O)NCC(=O)O. The first-order chi connectivity index (χ1) is 12.1. The molecule has 26 heavy (non-hydrogen) atoms. The second kappa shape index (κ2) is 11.8. The molecule has 2 atom stereocenters. The summed E-state index contributed by atoms with van der Waals surface area (Å²) < 4.78 is 0. The number of aliphatic carboxylic acids is 2. The molecule has 0 aliphatic heterocycles. The van der Waals surface area contributed by atoms with Gasteiger partial charge in [-0.25, -0.2) is 0 Å². The van der Waals surface area contributed by atoms with Crippen LogP contribution >= 0.6 is 0 Å². The van der Waals surface area contributed by atoms with Gasteiger partial charge in [0.1, 0.15) is 18.6 Å². The summed E-state index contributed by atoms with van der Waals surface area (Å²) in [4.78, 5) is 57.2. The lowest BCUT2D eigenvalue weighted by molar-refractivity contribution is -0.138. The summed E-state index contributed by atoms with van der Waals surface area (Å²) in [6.07, 6.45) is -0.325. The molecule has 0 aliphatic rings. The van der Waals surface area contributed by atoms with Crippen molar-refractivity contribution in [3.05, 3.63) is 0 Å². The van der Waals surface area contributed by atoms with Crippen LogP contribution in [0, 0.1) is 5.92 Å². The van der Waals surface area contributed by atoms with Crippen LogP contribution in [0.2, 0.25) is 0 Å². The van der Waals surface area contributed by atoms with Crippen molar-refractivity contribution in [3.8, 4) is 0 Å². The van der Waals surface area contributed by atoms with Crippen LogP contribution in [0.4, 0.5) is 0 Å². The van der Waals surface area contributed by atoms with Crippen LogP contribution in [-0.2, 0) is 24.0 Å². The predicted molar refractivity (Wildman–Crippen MR) is 89.9 cm³/mol. The Bertz CT molecular complexity index is 536. The summed E-state index contributed by atoms with van der Waals surface area (Å²) in [6.45, 7) is 2.63. The molecule has 148 valence electrons. The van der Waals surface area contributed by atoms with Crippen molar-refractivity contribution in [2.75, 3.05) is 13.1 Å². The van der Waals surface area contributed by atoms with Crippen molar-refractivity contribution < 1.29 is 34.2 Å². The van der Waals surface area contributed by atoms with Gasteiger partial charge in [0.05, 0.1) is 6.54 Å². The van der Waals surface area contributed by atoms with Gasteiger partial charge in [-0.3, -0.25) is 24.0 Å². The van der Waals surface area contributed by atoms with E-state index in [2.05, 4.69) is 16.0 Å². The molecule has 0 saturated heterocycles. The highest BCUT2D eigenvalue weighted by Crippen LogP contribution is 2.07. The van der Waals surface area contributed by atoms with E-state index in [1.165, 1.54) is 0 Å². The lowest BCUT2D eigenvalue weighted by atomic mass is 10.0. The fourth-order valence-electron chi connectivity index (χ4n) is 2.05. The third-order valence-corrected chi connectivity index (χ3v) is 3.24. The van der Waals surface area contributed by atoms with Crippen LogP contribution in [-0.4, -0.2) is 65.0 Å². The largest absolute Gasteiger partial charge is 0.481 e. The first kappa shape index (κ1) is 23.3. The number of hydrogen-bond donors (Lipinski definition) is 6. The van der Waals surface area contributed by atoms with Crippen LogP contribution in [0.15, 0.2) is 0 Å². The third kappa shape index (κ3) is 10.2. The number of carboxylic acid groups (broad SMARTS) is 2. The smallest absolute Gasteiger partial charge is 0.322 e. The zero-order valence-electron chi connectivity index (χ0n) is 14.8. The molecule has 2 unspecified atom stereocenters. The Hall–Kier alpha value is -2.69. The zero-order valence-corrected chi connectivity index (χ0v) is 14.8. The summed E-state index contributed by atoms with van der Waals surface area (Å²) >= 11 is 0. The van der Waals surface area contributed by atoms with E-state index in [1.54, 1.807) is 0 Å². The van der Waals surface area contributed by atoms with Gasteiger partial charge < -0.3 is 31.9 Å². The minimum Gasteiger partial charge on any atom is -0.481 e. The number of carboxylic acids is 2. The number of nitrogens with one attached hydrogen (secondary N) is 3. The quantitative estimate of drug-likeness (QED) is 0.227. The van der Waals surface area contributed by atoms with Crippen LogP contribution in [0.25, 0.3) is 0 Å². The lowest BCUT2D eigenvalue weighted by Crippen LogP contribution is -2.55. The van der Waals surface area contributed by atoms with Crippen LogP contribution in [0.1, 0.15) is 33.1 Å². The molecular formula is C15H26N4O7. The number of nitrogens with two attached hydrogens (primary N) is 1. The van der Waals surface area contributed by atoms with E-state index in [9.17, 15) is 24.0 Å². The van der Waals surface area contributed by atoms with E-state index in [0.29, 0.717) is 0 Å². The molecule has 0 saturated carbocycles. The third-order valence-electron chi connectivity index (χ3n) is 3.24. The van der Waals surface area contributed by atoms with E-state index >= 15 is 0 Å². The highest BCUT2D eigenvalue weighted by Gasteiger charge is 2.27. The second-order valence-electron chi connectivity index (χ2n) is 6.06. The van der Waals surface area contributed by atoms with Crippen molar-refractivity contribution in [3.63, 3.8) is 0 Å². The van der Waals surface area contributed by atoms with Crippen molar-refractivity contribution in [2.45, 2.75) is 45.2 Å². The van der Waals surface area contributed by atoms with Crippen LogP contribution in [0.3, 0.4) is 0 Å². The first-order valence-corrected chi connectivity index (χ1v) is 8.07. The summed E-state index contributed by atoms with van der Waals surface area (Å²) in [5, 5.41) is 24.3. The van der Waals surface area contributed by atoms with Gasteiger partial charge in [0, 0.05) is 6.42 Å². The maximum absolute atomic E-state index is 12.4. The summed E-state index contributed by atoms with van der Waals surface area (Å²) in [5.74, 6) is -4.45.